The molecule has 0 radical (unpaired) electrons. The van der Waals surface area contributed by atoms with Crippen LogP contribution in [-0.2, 0) is 26.2 Å². The second-order valence-corrected chi connectivity index (χ2v) is 13.5. The monoisotopic (exact) mass is 665 g/mol. The summed E-state index contributed by atoms with van der Waals surface area (Å²) in [5, 5.41) is 3.90. The minimum Gasteiger partial charge on any atom is -0.495 e. The molecule has 1 aliphatic rings. The van der Waals surface area contributed by atoms with Crippen LogP contribution in [0.25, 0.3) is 0 Å². The Bertz CT molecular complexity index is 1550. The van der Waals surface area contributed by atoms with E-state index in [1.54, 1.807) is 43.3 Å². The van der Waals surface area contributed by atoms with Gasteiger partial charge in [-0.1, -0.05) is 78.3 Å². The van der Waals surface area contributed by atoms with Gasteiger partial charge in [0.05, 0.1) is 32.8 Å². The third-order valence-corrected chi connectivity index (χ3v) is 10.3. The fourth-order valence-electron chi connectivity index (χ4n) is 5.04. The summed E-state index contributed by atoms with van der Waals surface area (Å²) in [6, 6.07) is 16.3. The number of nitrogens with zero attached hydrogens (tertiary/aromatic N) is 2. The van der Waals surface area contributed by atoms with E-state index in [-0.39, 0.29) is 34.1 Å². The van der Waals surface area contributed by atoms with Crippen LogP contribution in [0.1, 0.15) is 44.6 Å². The molecule has 12 heteroatoms. The molecule has 1 atom stereocenters. The van der Waals surface area contributed by atoms with Crippen LogP contribution in [0.4, 0.5) is 5.69 Å². The van der Waals surface area contributed by atoms with Gasteiger partial charge in [0.15, 0.2) is 0 Å². The first-order valence-electron chi connectivity index (χ1n) is 14.0. The van der Waals surface area contributed by atoms with Crippen LogP contribution in [0.15, 0.2) is 71.6 Å². The standard InChI is InChI=1S/C31H34Cl3N3O5S/c1-21(31(39)35-23-9-5-3-6-10-23)36(19-22-13-15-26(32)27(33)17-22)30(38)20-37(24-14-16-29(42-2)28(34)18-24)43(40,41)25-11-7-4-8-12-25/h4,7-8,11-18,21,23H,3,5-6,9-10,19-20H2,1-2H3,(H,35,39)/t21-/m0/s1. The fraction of sp³-hybridized carbons (Fsp3) is 0.355. The molecule has 1 saturated carbocycles. The molecule has 1 N–H and O–H groups in total. The van der Waals surface area contributed by atoms with Crippen molar-refractivity contribution in [3.63, 3.8) is 0 Å². The molecule has 2 amide bonds. The quantitative estimate of drug-likeness (QED) is 0.245. The molecule has 0 heterocycles. The van der Waals surface area contributed by atoms with E-state index in [9.17, 15) is 18.0 Å². The van der Waals surface area contributed by atoms with Gasteiger partial charge in [0, 0.05) is 12.6 Å². The van der Waals surface area contributed by atoms with E-state index in [1.807, 2.05) is 0 Å². The first-order chi connectivity index (χ1) is 20.5. The SMILES string of the molecule is COc1ccc(N(CC(=O)N(Cc2ccc(Cl)c(Cl)c2)[C@@H](C)C(=O)NC2CCCCC2)S(=O)(=O)c2ccccc2)cc1Cl. The predicted octanol–water partition coefficient (Wildman–Crippen LogP) is 6.72. The number of sulfonamides is 1. The number of ether oxygens (including phenoxy) is 1. The maximum atomic E-state index is 14.1. The predicted molar refractivity (Wildman–Crippen MR) is 170 cm³/mol. The van der Waals surface area contributed by atoms with Crippen LogP contribution in [0.2, 0.25) is 15.1 Å². The summed E-state index contributed by atoms with van der Waals surface area (Å²) in [6.07, 6.45) is 4.94. The largest absolute Gasteiger partial charge is 0.495 e. The summed E-state index contributed by atoms with van der Waals surface area (Å²) in [4.78, 5) is 28.9. The van der Waals surface area contributed by atoms with Crippen molar-refractivity contribution < 1.29 is 22.7 Å². The van der Waals surface area contributed by atoms with Crippen molar-refractivity contribution in [2.24, 2.45) is 0 Å². The van der Waals surface area contributed by atoms with Crippen molar-refractivity contribution >= 4 is 62.3 Å². The van der Waals surface area contributed by atoms with Crippen LogP contribution in [0.5, 0.6) is 5.75 Å². The lowest BCUT2D eigenvalue weighted by Gasteiger charge is -2.33. The number of halogens is 3. The molecule has 3 aromatic carbocycles. The molecule has 3 aromatic rings. The smallest absolute Gasteiger partial charge is 0.264 e. The van der Waals surface area contributed by atoms with E-state index in [0.717, 1.165) is 36.4 Å². The minimum absolute atomic E-state index is 0.00241. The lowest BCUT2D eigenvalue weighted by molar-refractivity contribution is -0.139. The summed E-state index contributed by atoms with van der Waals surface area (Å²) in [7, 11) is -2.78. The van der Waals surface area contributed by atoms with Crippen LogP contribution >= 0.6 is 34.8 Å². The van der Waals surface area contributed by atoms with Gasteiger partial charge in [-0.2, -0.15) is 0 Å². The molecule has 4 rings (SSSR count). The number of benzene rings is 3. The Morgan fingerprint density at radius 3 is 2.26 bits per heavy atom. The Kier molecular flexibility index (Phi) is 11.2. The number of hydrogen-bond acceptors (Lipinski definition) is 5. The molecule has 0 aliphatic heterocycles. The van der Waals surface area contributed by atoms with Gasteiger partial charge in [-0.25, -0.2) is 8.42 Å². The number of amides is 2. The molecule has 1 fully saturated rings. The summed E-state index contributed by atoms with van der Waals surface area (Å²) in [5.74, 6) is -0.558. The second-order valence-electron chi connectivity index (χ2n) is 10.4. The first-order valence-corrected chi connectivity index (χ1v) is 16.5. The topological polar surface area (TPSA) is 96.0 Å². The van der Waals surface area contributed by atoms with Crippen molar-refractivity contribution in [3.05, 3.63) is 87.4 Å². The Labute approximate surface area is 267 Å². The van der Waals surface area contributed by atoms with Crippen molar-refractivity contribution in [1.29, 1.82) is 0 Å². The maximum Gasteiger partial charge on any atom is 0.264 e. The minimum atomic E-state index is -4.23. The molecule has 43 heavy (non-hydrogen) atoms. The third-order valence-electron chi connectivity index (χ3n) is 7.49. The van der Waals surface area contributed by atoms with Crippen LogP contribution in [0.3, 0.4) is 0 Å². The highest BCUT2D eigenvalue weighted by Crippen LogP contribution is 2.32. The van der Waals surface area contributed by atoms with Crippen LogP contribution in [-0.4, -0.2) is 50.9 Å². The molecule has 0 aromatic heterocycles. The van der Waals surface area contributed by atoms with E-state index in [0.29, 0.717) is 21.4 Å². The lowest BCUT2D eigenvalue weighted by atomic mass is 9.95. The molecule has 0 bridgehead atoms. The Morgan fingerprint density at radius 1 is 0.930 bits per heavy atom. The molecular formula is C31H34Cl3N3O5S. The normalized spacial score (nSPS) is 14.5. The van der Waals surface area contributed by atoms with Gasteiger partial charge in [-0.15, -0.1) is 0 Å². The zero-order chi connectivity index (χ0) is 31.1. The molecule has 230 valence electrons. The molecule has 0 saturated heterocycles. The third kappa shape index (κ3) is 8.15. The van der Waals surface area contributed by atoms with Gasteiger partial charge < -0.3 is 15.0 Å². The fourth-order valence-corrected chi connectivity index (χ4v) is 7.04. The van der Waals surface area contributed by atoms with Crippen molar-refractivity contribution in [1.82, 2.24) is 10.2 Å². The van der Waals surface area contributed by atoms with E-state index in [2.05, 4.69) is 5.32 Å². The van der Waals surface area contributed by atoms with Gasteiger partial charge in [0.25, 0.3) is 10.0 Å². The number of carbonyl (C=O) groups excluding carboxylic acids is 2. The Balaban J connectivity index is 1.70. The van der Waals surface area contributed by atoms with Crippen LogP contribution in [0, 0.1) is 0 Å². The number of nitrogens with one attached hydrogen (secondary N) is 1. The average molecular weight is 667 g/mol. The van der Waals surface area contributed by atoms with Crippen LogP contribution < -0.4 is 14.4 Å². The van der Waals surface area contributed by atoms with Crippen molar-refractivity contribution in [3.8, 4) is 5.75 Å². The lowest BCUT2D eigenvalue weighted by Crippen LogP contribution is -2.53. The van der Waals surface area contributed by atoms with Gasteiger partial charge >= 0.3 is 0 Å². The summed E-state index contributed by atoms with van der Waals surface area (Å²) in [5.41, 5.74) is 0.793. The summed E-state index contributed by atoms with van der Waals surface area (Å²) in [6.45, 7) is 1.04. The number of rotatable bonds is 11. The Hall–Kier alpha value is -2.98. The number of anilines is 1. The summed E-state index contributed by atoms with van der Waals surface area (Å²) < 4.78 is 34.1. The van der Waals surface area contributed by atoms with E-state index >= 15 is 0 Å². The van der Waals surface area contributed by atoms with E-state index < -0.39 is 28.5 Å². The zero-order valence-electron chi connectivity index (χ0n) is 23.9. The van der Waals surface area contributed by atoms with Gasteiger partial charge in [-0.05, 0) is 67.8 Å². The highest BCUT2D eigenvalue weighted by Gasteiger charge is 2.33. The highest BCUT2D eigenvalue weighted by molar-refractivity contribution is 7.92. The highest BCUT2D eigenvalue weighted by atomic mass is 35.5. The van der Waals surface area contributed by atoms with Gasteiger partial charge in [-0.3, -0.25) is 13.9 Å². The van der Waals surface area contributed by atoms with Crippen molar-refractivity contribution in [2.45, 2.75) is 62.6 Å². The molecular weight excluding hydrogens is 633 g/mol. The van der Waals surface area contributed by atoms with E-state index in [1.165, 1.54) is 42.3 Å². The summed E-state index contributed by atoms with van der Waals surface area (Å²) >= 11 is 18.7. The molecule has 0 spiro atoms. The van der Waals surface area contributed by atoms with E-state index in [4.69, 9.17) is 39.5 Å². The average Bonchev–Trinajstić information content (AvgIpc) is 3.00. The van der Waals surface area contributed by atoms with Gasteiger partial charge in [0.2, 0.25) is 11.8 Å². The Morgan fingerprint density at radius 2 is 1.63 bits per heavy atom. The number of methoxy groups -OCH3 is 1. The molecule has 8 nitrogen and oxygen atoms in total. The number of hydrogen-bond donors (Lipinski definition) is 1. The van der Waals surface area contributed by atoms with Gasteiger partial charge in [0.1, 0.15) is 18.3 Å². The molecule has 1 aliphatic carbocycles. The maximum absolute atomic E-state index is 14.1. The van der Waals surface area contributed by atoms with Crippen molar-refractivity contribution in [2.75, 3.05) is 18.0 Å². The molecule has 0 unspecified atom stereocenters. The first kappa shape index (κ1) is 32.9. The second kappa shape index (κ2) is 14.7. The zero-order valence-corrected chi connectivity index (χ0v) is 27.0. The number of carbonyl (C=O) groups is 2.